The molecule has 0 saturated heterocycles. The van der Waals surface area contributed by atoms with Gasteiger partial charge >= 0.3 is 23.9 Å². The Morgan fingerprint density at radius 1 is 0.769 bits per heavy atom. The van der Waals surface area contributed by atoms with Gasteiger partial charge in [-0.2, -0.15) is 0 Å². The van der Waals surface area contributed by atoms with Crippen molar-refractivity contribution in [2.75, 3.05) is 13.2 Å². The van der Waals surface area contributed by atoms with E-state index in [1.165, 1.54) is 0 Å². The molecule has 80 valence electrons. The van der Waals surface area contributed by atoms with E-state index in [4.69, 9.17) is 25.5 Å². The van der Waals surface area contributed by atoms with Crippen molar-refractivity contribution in [1.29, 1.82) is 0 Å². The van der Waals surface area contributed by atoms with Crippen LogP contribution in [0.4, 0.5) is 0 Å². The summed E-state index contributed by atoms with van der Waals surface area (Å²) in [5, 5.41) is 42.6. The predicted octanol–water partition coefficient (Wildman–Crippen LogP) is -9.32. The molecule has 0 aliphatic carbocycles. The van der Waals surface area contributed by atoms with Crippen LogP contribution in [0, 0.1) is 0 Å². The van der Waals surface area contributed by atoms with Crippen LogP contribution < -0.4 is 9.41 Å². The predicted molar refractivity (Wildman–Crippen MR) is 37.9 cm³/mol. The zero-order chi connectivity index (χ0) is 8.15. The molecule has 5 N–H and O–H groups in total. The van der Waals surface area contributed by atoms with Crippen molar-refractivity contribution in [3.63, 3.8) is 0 Å². The van der Waals surface area contributed by atoms with Gasteiger partial charge in [0.15, 0.2) is 0 Å². The molecule has 2 radical (unpaired) electrons. The Hall–Kier alpha value is 0.459. The summed E-state index contributed by atoms with van der Waals surface area (Å²) < 4.78 is 0. The van der Waals surface area contributed by atoms with Crippen molar-refractivity contribution in [2.24, 2.45) is 0 Å². The van der Waals surface area contributed by atoms with Crippen LogP contribution in [0.25, 0.3) is 0 Å². The maximum atomic E-state index is 8.77. The Kier molecular flexibility index (Phi) is 22.4. The van der Waals surface area contributed by atoms with E-state index in [0.29, 0.717) is 0 Å². The number of halogens is 2. The number of rotatable bonds is 4. The third-order valence-electron chi connectivity index (χ3n) is 1.16. The molecular weight excluding hydrogens is 297 g/mol. The standard InChI is InChI=1S/C5H12O5.2FH.Sn/c6-1-3(8)5(10)4(9)2-7;;;/h3-10H,1-2H2;2*1H;/q;;;+2/p-2/t3-,4+,5?;;;. The van der Waals surface area contributed by atoms with Gasteiger partial charge < -0.3 is 34.9 Å². The minimum Gasteiger partial charge on any atom is -1.00 e. The zero-order valence-corrected chi connectivity index (χ0v) is 9.49. The second-order valence-electron chi connectivity index (χ2n) is 1.99. The smallest absolute Gasteiger partial charge is 1.00 e. The Morgan fingerprint density at radius 2 is 1.00 bits per heavy atom. The molecule has 8 heteroatoms. The first-order valence-corrected chi connectivity index (χ1v) is 2.89. The van der Waals surface area contributed by atoms with Crippen LogP contribution in [-0.2, 0) is 0 Å². The van der Waals surface area contributed by atoms with E-state index in [9.17, 15) is 0 Å². The Bertz CT molecular complexity index is 89.0. The first-order valence-electron chi connectivity index (χ1n) is 2.89. The summed E-state index contributed by atoms with van der Waals surface area (Å²) in [5.74, 6) is 0. The number of aliphatic hydroxyl groups excluding tert-OH is 5. The van der Waals surface area contributed by atoms with Gasteiger partial charge in [-0.05, 0) is 0 Å². The van der Waals surface area contributed by atoms with E-state index in [-0.39, 0.29) is 33.3 Å². The fourth-order valence-electron chi connectivity index (χ4n) is 0.472. The van der Waals surface area contributed by atoms with Gasteiger partial charge in [0.1, 0.15) is 18.3 Å². The van der Waals surface area contributed by atoms with Crippen LogP contribution >= 0.6 is 0 Å². The van der Waals surface area contributed by atoms with Gasteiger partial charge in [0.2, 0.25) is 0 Å². The molecule has 0 fully saturated rings. The van der Waals surface area contributed by atoms with E-state index >= 15 is 0 Å². The van der Waals surface area contributed by atoms with Crippen LogP contribution in [0.5, 0.6) is 0 Å². The van der Waals surface area contributed by atoms with Gasteiger partial charge in [-0.15, -0.1) is 0 Å². The minimum absolute atomic E-state index is 0. The van der Waals surface area contributed by atoms with E-state index in [2.05, 4.69) is 0 Å². The van der Waals surface area contributed by atoms with E-state index in [1.54, 1.807) is 0 Å². The average Bonchev–Trinajstić information content (AvgIpc) is 2.00. The molecule has 0 aliphatic heterocycles. The minimum atomic E-state index is -1.49. The first kappa shape index (κ1) is 23.3. The van der Waals surface area contributed by atoms with Crippen LogP contribution in [0.15, 0.2) is 0 Å². The molecule has 5 nitrogen and oxygen atoms in total. The SMILES string of the molecule is OC[C@@H](O)C(O)[C@@H](O)CO.[F-].[F-].[Sn+2]. The molecule has 0 aromatic carbocycles. The van der Waals surface area contributed by atoms with Crippen molar-refractivity contribution in [2.45, 2.75) is 18.3 Å². The van der Waals surface area contributed by atoms with Crippen LogP contribution in [0.3, 0.4) is 0 Å². The molecule has 1 unspecified atom stereocenters. The maximum absolute atomic E-state index is 8.77. The molecular formula is C5H12F2O5Sn. The Morgan fingerprint density at radius 3 is 1.15 bits per heavy atom. The summed E-state index contributed by atoms with van der Waals surface area (Å²) >= 11 is 0. The van der Waals surface area contributed by atoms with Crippen molar-refractivity contribution < 1.29 is 34.9 Å². The van der Waals surface area contributed by atoms with Crippen LogP contribution in [-0.4, -0.2) is 81.0 Å². The fraction of sp³-hybridized carbons (Fsp3) is 1.00. The zero-order valence-electron chi connectivity index (χ0n) is 6.64. The molecule has 0 heterocycles. The molecule has 0 aromatic rings. The number of aliphatic hydroxyl groups is 5. The molecule has 0 spiro atoms. The molecule has 3 atom stereocenters. The normalized spacial score (nSPS) is 15.5. The largest absolute Gasteiger partial charge is 2.00 e. The molecule has 0 aromatic heterocycles. The molecule has 0 amide bonds. The van der Waals surface area contributed by atoms with Crippen molar-refractivity contribution in [1.82, 2.24) is 0 Å². The molecule has 0 aliphatic rings. The van der Waals surface area contributed by atoms with Gasteiger partial charge in [0.05, 0.1) is 13.2 Å². The third-order valence-corrected chi connectivity index (χ3v) is 1.16. The molecule has 0 saturated carbocycles. The van der Waals surface area contributed by atoms with Crippen molar-refractivity contribution in [3.05, 3.63) is 0 Å². The summed E-state index contributed by atoms with van der Waals surface area (Å²) in [5.41, 5.74) is 0. The summed E-state index contributed by atoms with van der Waals surface area (Å²) in [6.45, 7) is -1.28. The summed E-state index contributed by atoms with van der Waals surface area (Å²) in [7, 11) is 0. The summed E-state index contributed by atoms with van der Waals surface area (Å²) in [6.07, 6.45) is -4.29. The molecule has 13 heavy (non-hydrogen) atoms. The van der Waals surface area contributed by atoms with Crippen molar-refractivity contribution in [3.8, 4) is 0 Å². The Labute approximate surface area is 90.7 Å². The quantitative estimate of drug-likeness (QED) is 0.332. The summed E-state index contributed by atoms with van der Waals surface area (Å²) in [4.78, 5) is 0. The van der Waals surface area contributed by atoms with Gasteiger partial charge in [0.25, 0.3) is 0 Å². The first-order chi connectivity index (χ1) is 4.63. The summed E-state index contributed by atoms with van der Waals surface area (Å²) in [6, 6.07) is 0. The molecule has 0 bridgehead atoms. The van der Waals surface area contributed by atoms with E-state index in [1.807, 2.05) is 0 Å². The maximum Gasteiger partial charge on any atom is 2.00 e. The number of hydrogen-bond donors (Lipinski definition) is 5. The van der Waals surface area contributed by atoms with Gasteiger partial charge in [-0.25, -0.2) is 0 Å². The van der Waals surface area contributed by atoms with E-state index in [0.717, 1.165) is 0 Å². The van der Waals surface area contributed by atoms with Crippen LogP contribution in [0.2, 0.25) is 0 Å². The monoisotopic (exact) mass is 310 g/mol. The topological polar surface area (TPSA) is 101 Å². The second-order valence-corrected chi connectivity index (χ2v) is 1.99. The van der Waals surface area contributed by atoms with Gasteiger partial charge in [-0.3, -0.25) is 0 Å². The average molecular weight is 309 g/mol. The van der Waals surface area contributed by atoms with Crippen molar-refractivity contribution >= 4 is 23.9 Å². The second kappa shape index (κ2) is 12.5. The van der Waals surface area contributed by atoms with Gasteiger partial charge in [-0.1, -0.05) is 0 Å². The Balaban J connectivity index is -0.000000135. The van der Waals surface area contributed by atoms with Gasteiger partial charge in [0, 0.05) is 0 Å². The number of hydrogen-bond acceptors (Lipinski definition) is 5. The third kappa shape index (κ3) is 8.78. The van der Waals surface area contributed by atoms with E-state index < -0.39 is 31.5 Å². The molecule has 0 rings (SSSR count). The van der Waals surface area contributed by atoms with Crippen LogP contribution in [0.1, 0.15) is 0 Å². The fourth-order valence-corrected chi connectivity index (χ4v) is 0.472.